The van der Waals surface area contributed by atoms with E-state index in [1.165, 1.54) is 41.3 Å². The molecule has 0 radical (unpaired) electrons. The second-order valence-corrected chi connectivity index (χ2v) is 15.4. The van der Waals surface area contributed by atoms with E-state index >= 15 is 0 Å². The summed E-state index contributed by atoms with van der Waals surface area (Å²) in [7, 11) is -9.00. The summed E-state index contributed by atoms with van der Waals surface area (Å²) in [5.41, 5.74) is -1.74. The molecule has 47 heavy (non-hydrogen) atoms. The fraction of sp³-hybridized carbons (Fsp3) is 0.379. The molecule has 0 saturated heterocycles. The zero-order valence-electron chi connectivity index (χ0n) is 25.9. The van der Waals surface area contributed by atoms with Crippen LogP contribution in [0.1, 0.15) is 38.6 Å². The van der Waals surface area contributed by atoms with Gasteiger partial charge in [0, 0.05) is 38.3 Å². The van der Waals surface area contributed by atoms with Crippen LogP contribution in [-0.2, 0) is 37.9 Å². The van der Waals surface area contributed by atoms with Crippen molar-refractivity contribution in [1.82, 2.24) is 18.5 Å². The van der Waals surface area contributed by atoms with Crippen LogP contribution >= 0.6 is 0 Å². The Morgan fingerprint density at radius 3 is 1.66 bits per heavy atom. The third-order valence-corrected chi connectivity index (χ3v) is 10.8. The number of fused-ring (bicyclic) bond motifs is 2. The predicted molar refractivity (Wildman–Crippen MR) is 168 cm³/mol. The summed E-state index contributed by atoms with van der Waals surface area (Å²) >= 11 is 0. The topological polar surface area (TPSA) is 203 Å². The number of nitro benzene ring substituents is 2. The van der Waals surface area contributed by atoms with Crippen LogP contribution in [-0.4, -0.2) is 83.0 Å². The number of hydrogen-bond acceptors (Lipinski definition) is 11. The first-order valence-corrected chi connectivity index (χ1v) is 17.3. The van der Waals surface area contributed by atoms with Gasteiger partial charge in [0.15, 0.2) is 9.79 Å². The van der Waals surface area contributed by atoms with Gasteiger partial charge in [-0.05, 0) is 51.5 Å². The van der Waals surface area contributed by atoms with Crippen LogP contribution in [0.2, 0.25) is 0 Å². The van der Waals surface area contributed by atoms with E-state index in [2.05, 4.69) is 4.98 Å². The number of carbonyl (C=O) groups excluding carboxylic acids is 1. The van der Waals surface area contributed by atoms with Gasteiger partial charge >= 0.3 is 6.09 Å². The molecule has 4 rings (SSSR count). The summed E-state index contributed by atoms with van der Waals surface area (Å²) in [6.07, 6.45) is -0.752. The minimum Gasteiger partial charge on any atom is -0.444 e. The maximum Gasteiger partial charge on any atom is 0.410 e. The molecule has 1 aromatic heterocycles. The molecule has 0 unspecified atom stereocenters. The first-order valence-electron chi connectivity index (χ1n) is 14.4. The van der Waals surface area contributed by atoms with Crippen molar-refractivity contribution >= 4 is 37.5 Å². The molecule has 18 heteroatoms. The Morgan fingerprint density at radius 2 is 1.19 bits per heavy atom. The van der Waals surface area contributed by atoms with Gasteiger partial charge in [-0.15, -0.1) is 0 Å². The SMILES string of the molecule is CC(C)(C)OC(=O)N1CCCN(S(=O)(=O)c2ccccc2[N+](=O)[O-])Cc2cccc(n2)CN(S(=O)(=O)c2ccccc2[N+](=O)[O-])CC1. The molecule has 0 aliphatic carbocycles. The lowest BCUT2D eigenvalue weighted by atomic mass is 10.2. The number of rotatable bonds is 6. The van der Waals surface area contributed by atoms with Crippen molar-refractivity contribution in [3.63, 3.8) is 0 Å². The molecule has 16 nitrogen and oxygen atoms in total. The van der Waals surface area contributed by atoms with Gasteiger partial charge in [-0.25, -0.2) is 21.6 Å². The van der Waals surface area contributed by atoms with Crippen LogP contribution in [0.15, 0.2) is 76.5 Å². The van der Waals surface area contributed by atoms with Gasteiger partial charge in [0.25, 0.3) is 11.4 Å². The molecule has 2 bridgehead atoms. The molecular formula is C29H34N6O10S2. The van der Waals surface area contributed by atoms with Crippen molar-refractivity contribution in [2.24, 2.45) is 0 Å². The number of aromatic nitrogens is 1. The molecule has 0 fully saturated rings. The van der Waals surface area contributed by atoms with E-state index in [9.17, 15) is 41.9 Å². The maximum absolute atomic E-state index is 13.9. The number of hydrogen-bond donors (Lipinski definition) is 0. The van der Waals surface area contributed by atoms with Gasteiger partial charge in [-0.1, -0.05) is 30.3 Å². The highest BCUT2D eigenvalue weighted by molar-refractivity contribution is 7.89. The van der Waals surface area contributed by atoms with E-state index in [1.807, 2.05) is 0 Å². The van der Waals surface area contributed by atoms with E-state index in [4.69, 9.17) is 4.74 Å². The summed E-state index contributed by atoms with van der Waals surface area (Å²) in [6, 6.07) is 14.4. The molecule has 1 aliphatic rings. The van der Waals surface area contributed by atoms with Gasteiger partial charge in [0.2, 0.25) is 20.0 Å². The van der Waals surface area contributed by atoms with Crippen molar-refractivity contribution < 1.29 is 36.2 Å². The van der Waals surface area contributed by atoms with Crippen LogP contribution in [0, 0.1) is 20.2 Å². The lowest BCUT2D eigenvalue weighted by Crippen LogP contribution is -2.44. The summed E-state index contributed by atoms with van der Waals surface area (Å²) in [4.78, 5) is 39.8. The lowest BCUT2D eigenvalue weighted by Gasteiger charge is -2.30. The molecule has 2 heterocycles. The van der Waals surface area contributed by atoms with Crippen LogP contribution in [0.5, 0.6) is 0 Å². The number of benzene rings is 2. The summed E-state index contributed by atoms with van der Waals surface area (Å²) in [6.45, 7) is 3.46. The number of pyridine rings is 1. The third kappa shape index (κ3) is 8.45. The van der Waals surface area contributed by atoms with Crippen LogP contribution in [0.3, 0.4) is 0 Å². The Bertz CT molecular complexity index is 1880. The van der Waals surface area contributed by atoms with Gasteiger partial charge in [-0.2, -0.15) is 8.61 Å². The molecule has 0 spiro atoms. The van der Waals surface area contributed by atoms with Crippen molar-refractivity contribution in [3.05, 3.63) is 98.3 Å². The van der Waals surface area contributed by atoms with Crippen molar-refractivity contribution in [2.45, 2.75) is 55.7 Å². The zero-order chi connectivity index (χ0) is 34.6. The molecular weight excluding hydrogens is 656 g/mol. The number of carbonyl (C=O) groups is 1. The second kappa shape index (κ2) is 14.1. The Balaban J connectivity index is 1.80. The van der Waals surface area contributed by atoms with Gasteiger partial charge in [-0.3, -0.25) is 25.2 Å². The molecule has 1 aliphatic heterocycles. The van der Waals surface area contributed by atoms with E-state index < -0.39 is 62.8 Å². The highest BCUT2D eigenvalue weighted by Crippen LogP contribution is 2.29. The normalized spacial score (nSPS) is 15.9. The number of ether oxygens (including phenoxy) is 1. The Labute approximate surface area is 272 Å². The lowest BCUT2D eigenvalue weighted by molar-refractivity contribution is -0.388. The van der Waals surface area contributed by atoms with Crippen LogP contribution in [0.4, 0.5) is 16.2 Å². The van der Waals surface area contributed by atoms with Gasteiger partial charge < -0.3 is 9.64 Å². The standard InChI is InChI=1S/C29H34N6O10S2/c1-29(2,3)45-28(36)31-16-9-17-32(46(41,42)26-14-6-4-12-24(26)34(37)38)20-22-10-8-11-23(30-22)21-33(19-18-31)47(43,44)27-15-7-5-13-25(27)35(39)40/h4-8,10-15H,9,16-21H2,1-3H3. The fourth-order valence-electron chi connectivity index (χ4n) is 4.86. The molecule has 0 N–H and O–H groups in total. The zero-order valence-corrected chi connectivity index (χ0v) is 27.5. The maximum atomic E-state index is 13.9. The van der Waals surface area contributed by atoms with E-state index in [-0.39, 0.29) is 57.1 Å². The molecule has 252 valence electrons. The molecule has 2 aromatic carbocycles. The molecule has 0 atom stereocenters. The smallest absolute Gasteiger partial charge is 0.410 e. The monoisotopic (exact) mass is 690 g/mol. The minimum atomic E-state index is -4.53. The number of nitro groups is 2. The van der Waals surface area contributed by atoms with Crippen molar-refractivity contribution in [2.75, 3.05) is 26.2 Å². The number of amides is 1. The largest absolute Gasteiger partial charge is 0.444 e. The minimum absolute atomic E-state index is 0.0374. The highest BCUT2D eigenvalue weighted by atomic mass is 32.2. The summed E-state index contributed by atoms with van der Waals surface area (Å²) < 4.78 is 63.2. The Hall–Kier alpha value is -4.52. The number of sulfonamides is 2. The Morgan fingerprint density at radius 1 is 0.723 bits per heavy atom. The average molecular weight is 691 g/mol. The predicted octanol–water partition coefficient (Wildman–Crippen LogP) is 3.92. The van der Waals surface area contributed by atoms with Crippen LogP contribution < -0.4 is 0 Å². The van der Waals surface area contributed by atoms with Gasteiger partial charge in [0.05, 0.1) is 34.3 Å². The molecule has 0 saturated carbocycles. The molecule has 1 amide bonds. The fourth-order valence-corrected chi connectivity index (χ4v) is 8.02. The second-order valence-electron chi connectivity index (χ2n) is 11.6. The van der Waals surface area contributed by atoms with Crippen molar-refractivity contribution in [1.29, 1.82) is 0 Å². The van der Waals surface area contributed by atoms with Gasteiger partial charge in [0.1, 0.15) is 5.60 Å². The van der Waals surface area contributed by atoms with Crippen molar-refractivity contribution in [3.8, 4) is 0 Å². The van der Waals surface area contributed by atoms with E-state index in [0.29, 0.717) is 0 Å². The summed E-state index contributed by atoms with van der Waals surface area (Å²) in [5, 5.41) is 23.4. The average Bonchev–Trinajstić information content (AvgIpc) is 3.01. The number of para-hydroxylation sites is 2. The van der Waals surface area contributed by atoms with E-state index in [0.717, 1.165) is 32.9 Å². The van der Waals surface area contributed by atoms with E-state index in [1.54, 1.807) is 26.8 Å². The third-order valence-electron chi connectivity index (χ3n) is 7.01. The number of nitrogens with zero attached hydrogens (tertiary/aromatic N) is 6. The first kappa shape index (κ1) is 35.3. The summed E-state index contributed by atoms with van der Waals surface area (Å²) in [5.74, 6) is 0. The quantitative estimate of drug-likeness (QED) is 0.268. The molecule has 3 aromatic rings. The first-order chi connectivity index (χ1) is 22.0. The Kier molecular flexibility index (Phi) is 10.6. The van der Waals surface area contributed by atoms with Crippen LogP contribution in [0.25, 0.3) is 0 Å². The highest BCUT2D eigenvalue weighted by Gasteiger charge is 2.35.